The first-order valence-corrected chi connectivity index (χ1v) is 4.51. The summed E-state index contributed by atoms with van der Waals surface area (Å²) in [6.45, 7) is 1.91. The van der Waals surface area contributed by atoms with E-state index >= 15 is 0 Å². The minimum Gasteiger partial charge on any atom is -0.454 e. The third-order valence-electron chi connectivity index (χ3n) is 2.30. The fraction of sp³-hybridized carbons (Fsp3) is 0.400. The quantitative estimate of drug-likeness (QED) is 0.732. The van der Waals surface area contributed by atoms with Gasteiger partial charge in [-0.25, -0.2) is 0 Å². The van der Waals surface area contributed by atoms with Crippen molar-refractivity contribution < 1.29 is 14.6 Å². The molecule has 76 valence electrons. The topological polar surface area (TPSA) is 64.7 Å². The smallest absolute Gasteiger partial charge is 0.231 e. The van der Waals surface area contributed by atoms with Gasteiger partial charge in [0.1, 0.15) is 0 Å². The minimum atomic E-state index is -0.574. The van der Waals surface area contributed by atoms with Crippen LogP contribution in [0, 0.1) is 0 Å². The molecule has 1 heterocycles. The lowest BCUT2D eigenvalue weighted by molar-refractivity contribution is 0.164. The molecule has 0 radical (unpaired) electrons. The number of nitrogens with two attached hydrogens (primary N) is 1. The zero-order valence-electron chi connectivity index (χ0n) is 7.93. The Morgan fingerprint density at radius 3 is 2.79 bits per heavy atom. The number of aliphatic hydroxyl groups is 1. The summed E-state index contributed by atoms with van der Waals surface area (Å²) in [6.07, 6.45) is -0.574. The first-order valence-electron chi connectivity index (χ1n) is 4.51. The van der Waals surface area contributed by atoms with Gasteiger partial charge in [0.15, 0.2) is 11.5 Å². The zero-order valence-corrected chi connectivity index (χ0v) is 7.93. The Kier molecular flexibility index (Phi) is 2.31. The Labute approximate surface area is 82.2 Å². The van der Waals surface area contributed by atoms with Crippen molar-refractivity contribution in [3.8, 4) is 11.5 Å². The van der Waals surface area contributed by atoms with Crippen LogP contribution in [0.4, 0.5) is 0 Å². The van der Waals surface area contributed by atoms with Gasteiger partial charge in [-0.15, -0.1) is 0 Å². The Balaban J connectivity index is 2.28. The van der Waals surface area contributed by atoms with Crippen molar-refractivity contribution in [3.63, 3.8) is 0 Å². The standard InChI is InChI=1S/C10H13NO3/c1-6(12)10(11)7-2-3-8-9(4-7)14-5-13-8/h2-4,6,10,12H,5,11H2,1H3/t6-,10+/m0/s1. The van der Waals surface area contributed by atoms with Crippen molar-refractivity contribution >= 4 is 0 Å². The Morgan fingerprint density at radius 2 is 2.07 bits per heavy atom. The first-order chi connectivity index (χ1) is 6.68. The summed E-state index contributed by atoms with van der Waals surface area (Å²) < 4.78 is 10.4. The molecule has 0 fully saturated rings. The maximum absolute atomic E-state index is 9.33. The Hall–Kier alpha value is -1.26. The molecule has 1 aliphatic rings. The van der Waals surface area contributed by atoms with Crippen molar-refractivity contribution in [1.82, 2.24) is 0 Å². The molecule has 0 spiro atoms. The van der Waals surface area contributed by atoms with Crippen molar-refractivity contribution in [1.29, 1.82) is 0 Å². The highest BCUT2D eigenvalue weighted by molar-refractivity contribution is 5.45. The first kappa shape index (κ1) is 9.30. The Bertz CT molecular complexity index is 338. The monoisotopic (exact) mass is 195 g/mol. The molecule has 3 N–H and O–H groups in total. The van der Waals surface area contributed by atoms with E-state index in [0.717, 1.165) is 11.3 Å². The third-order valence-corrected chi connectivity index (χ3v) is 2.30. The number of hydrogen-bond acceptors (Lipinski definition) is 4. The Morgan fingerprint density at radius 1 is 1.36 bits per heavy atom. The van der Waals surface area contributed by atoms with E-state index in [1.807, 2.05) is 6.07 Å². The molecule has 0 saturated carbocycles. The van der Waals surface area contributed by atoms with Crippen LogP contribution in [0.3, 0.4) is 0 Å². The minimum absolute atomic E-state index is 0.253. The van der Waals surface area contributed by atoms with E-state index in [0.29, 0.717) is 5.75 Å². The van der Waals surface area contributed by atoms with E-state index in [2.05, 4.69) is 0 Å². The number of fused-ring (bicyclic) bond motifs is 1. The van der Waals surface area contributed by atoms with Gasteiger partial charge < -0.3 is 20.3 Å². The molecular formula is C10H13NO3. The van der Waals surface area contributed by atoms with Crippen LogP contribution in [0.25, 0.3) is 0 Å². The van der Waals surface area contributed by atoms with Gasteiger partial charge in [0.05, 0.1) is 12.1 Å². The van der Waals surface area contributed by atoms with Crippen molar-refractivity contribution in [3.05, 3.63) is 23.8 Å². The van der Waals surface area contributed by atoms with Gasteiger partial charge in [0.2, 0.25) is 6.79 Å². The lowest BCUT2D eigenvalue weighted by Gasteiger charge is -2.15. The van der Waals surface area contributed by atoms with Crippen molar-refractivity contribution in [2.24, 2.45) is 5.73 Å². The zero-order chi connectivity index (χ0) is 10.1. The maximum atomic E-state index is 9.33. The summed E-state index contributed by atoms with van der Waals surface area (Å²) in [4.78, 5) is 0. The summed E-state index contributed by atoms with van der Waals surface area (Å²) in [5.74, 6) is 1.42. The third kappa shape index (κ3) is 1.54. The van der Waals surface area contributed by atoms with Crippen LogP contribution in [0.5, 0.6) is 11.5 Å². The molecule has 14 heavy (non-hydrogen) atoms. The highest BCUT2D eigenvalue weighted by Crippen LogP contribution is 2.34. The summed E-state index contributed by atoms with van der Waals surface area (Å²) in [7, 11) is 0. The second-order valence-electron chi connectivity index (χ2n) is 3.38. The molecule has 0 aromatic heterocycles. The van der Waals surface area contributed by atoms with Crippen LogP contribution in [0.15, 0.2) is 18.2 Å². The van der Waals surface area contributed by atoms with Crippen LogP contribution in [-0.2, 0) is 0 Å². The van der Waals surface area contributed by atoms with Crippen LogP contribution < -0.4 is 15.2 Å². The van der Waals surface area contributed by atoms with E-state index in [9.17, 15) is 5.11 Å². The van der Waals surface area contributed by atoms with Gasteiger partial charge in [0, 0.05) is 0 Å². The highest BCUT2D eigenvalue weighted by Gasteiger charge is 2.17. The molecule has 1 aromatic carbocycles. The predicted molar refractivity (Wildman–Crippen MR) is 51.2 cm³/mol. The fourth-order valence-electron chi connectivity index (χ4n) is 1.40. The lowest BCUT2D eigenvalue weighted by atomic mass is 10.0. The van der Waals surface area contributed by atoms with E-state index < -0.39 is 6.10 Å². The molecule has 2 rings (SSSR count). The highest BCUT2D eigenvalue weighted by atomic mass is 16.7. The van der Waals surface area contributed by atoms with Crippen LogP contribution in [0.1, 0.15) is 18.5 Å². The second-order valence-corrected chi connectivity index (χ2v) is 3.38. The van der Waals surface area contributed by atoms with E-state index in [1.54, 1.807) is 19.1 Å². The second kappa shape index (κ2) is 3.48. The van der Waals surface area contributed by atoms with Gasteiger partial charge in [-0.1, -0.05) is 6.07 Å². The van der Waals surface area contributed by atoms with Crippen LogP contribution in [0.2, 0.25) is 0 Å². The molecular weight excluding hydrogens is 182 g/mol. The van der Waals surface area contributed by atoms with Gasteiger partial charge in [-0.2, -0.15) is 0 Å². The predicted octanol–water partition coefficient (Wildman–Crippen LogP) is 0.796. The van der Waals surface area contributed by atoms with Gasteiger partial charge >= 0.3 is 0 Å². The number of aliphatic hydroxyl groups excluding tert-OH is 1. The van der Waals surface area contributed by atoms with E-state index in [-0.39, 0.29) is 12.8 Å². The molecule has 0 amide bonds. The number of rotatable bonds is 2. The normalized spacial score (nSPS) is 17.9. The van der Waals surface area contributed by atoms with Gasteiger partial charge in [-0.3, -0.25) is 0 Å². The molecule has 4 nitrogen and oxygen atoms in total. The summed E-state index contributed by atoms with van der Waals surface area (Å²) in [6, 6.07) is 5.06. The summed E-state index contributed by atoms with van der Waals surface area (Å²) in [5.41, 5.74) is 6.64. The van der Waals surface area contributed by atoms with Gasteiger partial charge in [0.25, 0.3) is 0 Å². The average Bonchev–Trinajstić information content (AvgIpc) is 2.62. The molecule has 2 atom stereocenters. The fourth-order valence-corrected chi connectivity index (χ4v) is 1.40. The summed E-state index contributed by atoms with van der Waals surface area (Å²) >= 11 is 0. The lowest BCUT2D eigenvalue weighted by Crippen LogP contribution is -2.22. The molecule has 0 unspecified atom stereocenters. The molecule has 0 aliphatic carbocycles. The molecule has 1 aromatic rings. The average molecular weight is 195 g/mol. The van der Waals surface area contributed by atoms with Crippen molar-refractivity contribution in [2.75, 3.05) is 6.79 Å². The van der Waals surface area contributed by atoms with Crippen molar-refractivity contribution in [2.45, 2.75) is 19.1 Å². The molecule has 1 aliphatic heterocycles. The molecule has 4 heteroatoms. The number of benzene rings is 1. The largest absolute Gasteiger partial charge is 0.454 e. The van der Waals surface area contributed by atoms with Crippen LogP contribution in [-0.4, -0.2) is 18.0 Å². The van der Waals surface area contributed by atoms with Gasteiger partial charge in [-0.05, 0) is 24.6 Å². The van der Waals surface area contributed by atoms with E-state index in [1.165, 1.54) is 0 Å². The SMILES string of the molecule is C[C@H](O)[C@@H](N)c1ccc2c(c1)OCO2. The number of ether oxygens (including phenoxy) is 2. The number of hydrogen-bond donors (Lipinski definition) is 2. The molecule has 0 bridgehead atoms. The van der Waals surface area contributed by atoms with E-state index in [4.69, 9.17) is 15.2 Å². The summed E-state index contributed by atoms with van der Waals surface area (Å²) in [5, 5.41) is 9.33. The van der Waals surface area contributed by atoms with Crippen LogP contribution >= 0.6 is 0 Å². The molecule has 0 saturated heterocycles. The maximum Gasteiger partial charge on any atom is 0.231 e.